The van der Waals surface area contributed by atoms with Crippen LogP contribution < -0.4 is 5.73 Å². The maximum absolute atomic E-state index is 12.2. The zero-order valence-electron chi connectivity index (χ0n) is 11.8. The van der Waals surface area contributed by atoms with Gasteiger partial charge in [-0.3, -0.25) is 0 Å². The molecular weight excluding hydrogens is 278 g/mol. The summed E-state index contributed by atoms with van der Waals surface area (Å²) in [6.45, 7) is 3.38. The molecule has 112 valence electrons. The molecule has 20 heavy (non-hydrogen) atoms. The summed E-state index contributed by atoms with van der Waals surface area (Å²) in [6.07, 6.45) is 0.982. The van der Waals surface area contributed by atoms with Crippen LogP contribution in [0.4, 0.5) is 0 Å². The normalized spacial score (nSPS) is 12.8. The quantitative estimate of drug-likeness (QED) is 0.337. The first-order valence-corrected chi connectivity index (χ1v) is 8.05. The Labute approximate surface area is 119 Å². The molecule has 0 spiro atoms. The van der Waals surface area contributed by atoms with Gasteiger partial charge >= 0.3 is 0 Å². The molecule has 0 amide bonds. The van der Waals surface area contributed by atoms with Gasteiger partial charge in [-0.2, -0.15) is 0 Å². The summed E-state index contributed by atoms with van der Waals surface area (Å²) in [5, 5.41) is 11.5. The van der Waals surface area contributed by atoms with E-state index in [0.717, 1.165) is 13.0 Å². The van der Waals surface area contributed by atoms with Crippen LogP contribution in [0.1, 0.15) is 18.9 Å². The van der Waals surface area contributed by atoms with E-state index in [0.29, 0.717) is 12.1 Å². The largest absolute Gasteiger partial charge is 0.409 e. The lowest BCUT2D eigenvalue weighted by Gasteiger charge is -2.15. The van der Waals surface area contributed by atoms with E-state index in [1.54, 1.807) is 12.1 Å². The Balaban J connectivity index is 2.87. The number of hydrogen-bond acceptors (Lipinski definition) is 5. The Morgan fingerprint density at radius 3 is 2.70 bits per heavy atom. The topological polar surface area (TPSA) is 96.0 Å². The van der Waals surface area contributed by atoms with Crippen LogP contribution in [0.15, 0.2) is 34.3 Å². The van der Waals surface area contributed by atoms with E-state index < -0.39 is 9.84 Å². The van der Waals surface area contributed by atoms with Gasteiger partial charge in [0.15, 0.2) is 15.7 Å². The van der Waals surface area contributed by atoms with Crippen LogP contribution in [0.3, 0.4) is 0 Å². The minimum absolute atomic E-state index is 0.0448. The highest BCUT2D eigenvalue weighted by atomic mass is 32.2. The van der Waals surface area contributed by atoms with E-state index in [9.17, 15) is 8.42 Å². The van der Waals surface area contributed by atoms with Crippen LogP contribution >= 0.6 is 0 Å². The molecule has 0 fully saturated rings. The Hall–Kier alpha value is -1.60. The van der Waals surface area contributed by atoms with Crippen LogP contribution in [-0.2, 0) is 9.84 Å². The molecule has 3 N–H and O–H groups in total. The summed E-state index contributed by atoms with van der Waals surface area (Å²) in [7, 11) is -1.48. The first kappa shape index (κ1) is 16.5. The molecule has 0 aliphatic carbocycles. The van der Waals surface area contributed by atoms with Crippen molar-refractivity contribution in [3.8, 4) is 0 Å². The second-order valence-electron chi connectivity index (χ2n) is 4.64. The number of benzene rings is 1. The Morgan fingerprint density at radius 2 is 2.10 bits per heavy atom. The minimum atomic E-state index is -3.37. The highest BCUT2D eigenvalue weighted by Crippen LogP contribution is 2.13. The Morgan fingerprint density at radius 1 is 1.40 bits per heavy atom. The smallest absolute Gasteiger partial charge is 0.179 e. The van der Waals surface area contributed by atoms with E-state index in [4.69, 9.17) is 10.9 Å². The second kappa shape index (κ2) is 7.25. The summed E-state index contributed by atoms with van der Waals surface area (Å²) >= 11 is 0. The third kappa shape index (κ3) is 4.50. The van der Waals surface area contributed by atoms with Crippen LogP contribution in [0.25, 0.3) is 0 Å². The van der Waals surface area contributed by atoms with Gasteiger partial charge in [-0.25, -0.2) is 8.42 Å². The predicted molar refractivity (Wildman–Crippen MR) is 78.8 cm³/mol. The van der Waals surface area contributed by atoms with Gasteiger partial charge in [0.2, 0.25) is 0 Å². The fourth-order valence-electron chi connectivity index (χ4n) is 1.79. The fraction of sp³-hybridized carbons (Fsp3) is 0.462. The maximum Gasteiger partial charge on any atom is 0.179 e. The number of hydrogen-bond donors (Lipinski definition) is 2. The lowest BCUT2D eigenvalue weighted by molar-refractivity contribution is 0.318. The number of sulfone groups is 1. The molecule has 6 nitrogen and oxygen atoms in total. The van der Waals surface area contributed by atoms with Gasteiger partial charge in [0, 0.05) is 12.1 Å². The minimum Gasteiger partial charge on any atom is -0.409 e. The van der Waals surface area contributed by atoms with Crippen molar-refractivity contribution in [1.82, 2.24) is 4.90 Å². The molecule has 0 saturated heterocycles. The molecule has 0 aliphatic heterocycles. The van der Waals surface area contributed by atoms with E-state index in [2.05, 4.69) is 5.16 Å². The molecule has 0 radical (unpaired) electrons. The van der Waals surface area contributed by atoms with Gasteiger partial charge in [-0.05, 0) is 32.1 Å². The predicted octanol–water partition coefficient (Wildman–Crippen LogP) is 0.897. The lowest BCUT2D eigenvalue weighted by Crippen LogP contribution is -2.26. The van der Waals surface area contributed by atoms with Crippen LogP contribution in [0.2, 0.25) is 0 Å². The maximum atomic E-state index is 12.2. The highest BCUT2D eigenvalue weighted by molar-refractivity contribution is 7.91. The zero-order valence-corrected chi connectivity index (χ0v) is 12.6. The third-order valence-corrected chi connectivity index (χ3v) is 4.64. The van der Waals surface area contributed by atoms with E-state index in [1.807, 2.05) is 18.9 Å². The standard InChI is InChI=1S/C13H21N3O3S/c1-3-7-16(2)8-9-20(18,19)12-6-4-5-11(10-12)13(14)15-17/h4-6,10,17H,3,7-9H2,1-2H3,(H2,14,15). The molecule has 0 saturated carbocycles. The number of nitrogens with two attached hydrogens (primary N) is 1. The number of oxime groups is 1. The van der Waals surface area contributed by atoms with Crippen molar-refractivity contribution in [2.24, 2.45) is 10.9 Å². The van der Waals surface area contributed by atoms with Gasteiger partial charge < -0.3 is 15.8 Å². The van der Waals surface area contributed by atoms with E-state index in [1.165, 1.54) is 12.1 Å². The SMILES string of the molecule is CCCN(C)CCS(=O)(=O)c1cccc(/C(N)=N/O)c1. The van der Waals surface area contributed by atoms with Crippen LogP contribution in [0, 0.1) is 0 Å². The lowest BCUT2D eigenvalue weighted by atomic mass is 10.2. The summed E-state index contributed by atoms with van der Waals surface area (Å²) in [6, 6.07) is 6.11. The molecule has 0 heterocycles. The van der Waals surface area contributed by atoms with Crippen molar-refractivity contribution in [3.63, 3.8) is 0 Å². The second-order valence-corrected chi connectivity index (χ2v) is 6.74. The summed E-state index contributed by atoms with van der Waals surface area (Å²) in [4.78, 5) is 2.16. The molecule has 0 aromatic heterocycles. The van der Waals surface area contributed by atoms with Crippen molar-refractivity contribution in [2.45, 2.75) is 18.2 Å². The van der Waals surface area contributed by atoms with Crippen molar-refractivity contribution in [3.05, 3.63) is 29.8 Å². The number of rotatable bonds is 7. The van der Waals surface area contributed by atoms with Gasteiger partial charge in [-0.1, -0.05) is 24.2 Å². The van der Waals surface area contributed by atoms with Gasteiger partial charge in [0.25, 0.3) is 0 Å². The van der Waals surface area contributed by atoms with Crippen molar-refractivity contribution < 1.29 is 13.6 Å². The average Bonchev–Trinajstić information content (AvgIpc) is 2.45. The van der Waals surface area contributed by atoms with Crippen molar-refractivity contribution in [2.75, 3.05) is 25.9 Å². The van der Waals surface area contributed by atoms with Gasteiger partial charge in [-0.15, -0.1) is 0 Å². The fourth-order valence-corrected chi connectivity index (χ4v) is 3.17. The highest BCUT2D eigenvalue weighted by Gasteiger charge is 2.16. The molecule has 0 unspecified atom stereocenters. The first-order valence-electron chi connectivity index (χ1n) is 6.40. The average molecular weight is 299 g/mol. The van der Waals surface area contributed by atoms with Crippen molar-refractivity contribution >= 4 is 15.7 Å². The molecule has 0 bridgehead atoms. The van der Waals surface area contributed by atoms with Crippen molar-refractivity contribution in [1.29, 1.82) is 0 Å². The van der Waals surface area contributed by atoms with E-state index in [-0.39, 0.29) is 16.5 Å². The van der Waals surface area contributed by atoms with Gasteiger partial charge in [0.1, 0.15) is 0 Å². The summed E-state index contributed by atoms with van der Waals surface area (Å²) in [5.41, 5.74) is 5.85. The summed E-state index contributed by atoms with van der Waals surface area (Å²) < 4.78 is 24.5. The monoisotopic (exact) mass is 299 g/mol. The third-order valence-electron chi connectivity index (χ3n) is 2.94. The molecule has 0 aliphatic rings. The summed E-state index contributed by atoms with van der Waals surface area (Å²) in [5.74, 6) is -0.0616. The molecule has 1 aromatic carbocycles. The first-order chi connectivity index (χ1) is 9.40. The van der Waals surface area contributed by atoms with Gasteiger partial charge in [0.05, 0.1) is 10.6 Å². The molecule has 7 heteroatoms. The van der Waals surface area contributed by atoms with Crippen LogP contribution in [-0.4, -0.2) is 50.3 Å². The molecular formula is C13H21N3O3S. The zero-order chi connectivity index (χ0) is 15.2. The Bertz CT molecular complexity index is 570. The Kier molecular flexibility index (Phi) is 5.97. The number of nitrogens with zero attached hydrogens (tertiary/aromatic N) is 2. The number of amidine groups is 1. The molecule has 1 rings (SSSR count). The molecule has 0 atom stereocenters. The van der Waals surface area contributed by atoms with Crippen LogP contribution in [0.5, 0.6) is 0 Å². The molecule has 1 aromatic rings. The van der Waals surface area contributed by atoms with E-state index >= 15 is 0 Å².